The van der Waals surface area contributed by atoms with E-state index < -0.39 is 12.1 Å². The lowest BCUT2D eigenvalue weighted by molar-refractivity contribution is -0.129. The van der Waals surface area contributed by atoms with E-state index in [1.807, 2.05) is 24.3 Å². The highest BCUT2D eigenvalue weighted by Crippen LogP contribution is 2.19. The molecule has 3 rings (SSSR count). The fraction of sp³-hybridized carbons (Fsp3) is 0.400. The number of allylic oxidation sites excluding steroid dienone is 1. The molecule has 1 atom stereocenters. The van der Waals surface area contributed by atoms with Crippen LogP contribution < -0.4 is 5.32 Å². The summed E-state index contributed by atoms with van der Waals surface area (Å²) in [6.45, 7) is 2.18. The average molecular weight is 340 g/mol. The van der Waals surface area contributed by atoms with E-state index in [4.69, 9.17) is 4.74 Å². The topological polar surface area (TPSA) is 71.2 Å². The number of carbonyl (C=O) groups is 2. The van der Waals surface area contributed by atoms with Gasteiger partial charge in [-0.1, -0.05) is 29.8 Å². The van der Waals surface area contributed by atoms with Crippen molar-refractivity contribution in [2.45, 2.75) is 45.1 Å². The number of nitrogens with one attached hydrogen (secondary N) is 2. The first-order chi connectivity index (χ1) is 12.1. The van der Waals surface area contributed by atoms with E-state index in [1.54, 1.807) is 13.0 Å². The van der Waals surface area contributed by atoms with Crippen molar-refractivity contribution in [3.8, 4) is 0 Å². The number of rotatable bonds is 6. The second-order valence-corrected chi connectivity index (χ2v) is 6.47. The molecular formula is C20H24N2O3. The number of H-pyrrole nitrogens is 1. The Bertz CT molecular complexity index is 758. The standard InChI is InChI=1S/C20H24N2O3/c1-14(19(23)21-12-11-15-7-3-2-4-8-15)25-20(24)18-13-16-9-5-6-10-17(16)22-18/h5-7,9-10,13-14,22H,2-4,8,11-12H2,1H3,(H,21,23)/t14-/m0/s1. The van der Waals surface area contributed by atoms with E-state index in [-0.39, 0.29) is 5.91 Å². The van der Waals surface area contributed by atoms with Gasteiger partial charge in [0.2, 0.25) is 0 Å². The number of para-hydroxylation sites is 1. The molecule has 1 amide bonds. The maximum absolute atomic E-state index is 12.2. The van der Waals surface area contributed by atoms with Gasteiger partial charge in [0.25, 0.3) is 5.91 Å². The van der Waals surface area contributed by atoms with E-state index >= 15 is 0 Å². The van der Waals surface area contributed by atoms with E-state index in [0.717, 1.165) is 30.2 Å². The van der Waals surface area contributed by atoms with Crippen molar-refractivity contribution >= 4 is 22.8 Å². The molecule has 0 bridgehead atoms. The number of ether oxygens (including phenoxy) is 1. The molecule has 0 saturated heterocycles. The van der Waals surface area contributed by atoms with Crippen molar-refractivity contribution < 1.29 is 14.3 Å². The highest BCUT2D eigenvalue weighted by molar-refractivity contribution is 5.96. The first-order valence-corrected chi connectivity index (χ1v) is 8.88. The van der Waals surface area contributed by atoms with E-state index in [0.29, 0.717) is 12.2 Å². The molecule has 1 aliphatic carbocycles. The van der Waals surface area contributed by atoms with Crippen LogP contribution >= 0.6 is 0 Å². The molecule has 132 valence electrons. The molecule has 1 aliphatic rings. The zero-order valence-electron chi connectivity index (χ0n) is 14.5. The van der Waals surface area contributed by atoms with Crippen molar-refractivity contribution in [1.82, 2.24) is 10.3 Å². The number of fused-ring (bicyclic) bond motifs is 1. The molecule has 0 saturated carbocycles. The number of esters is 1. The van der Waals surface area contributed by atoms with Crippen LogP contribution in [0.25, 0.3) is 10.9 Å². The minimum Gasteiger partial charge on any atom is -0.448 e. The Hall–Kier alpha value is -2.56. The fourth-order valence-electron chi connectivity index (χ4n) is 3.08. The molecule has 0 radical (unpaired) electrons. The summed E-state index contributed by atoms with van der Waals surface area (Å²) in [4.78, 5) is 27.3. The molecular weight excluding hydrogens is 316 g/mol. The van der Waals surface area contributed by atoms with Crippen LogP contribution in [0.1, 0.15) is 49.5 Å². The Labute approximate surface area is 147 Å². The fourth-order valence-corrected chi connectivity index (χ4v) is 3.08. The van der Waals surface area contributed by atoms with Gasteiger partial charge in [0.05, 0.1) is 0 Å². The van der Waals surface area contributed by atoms with Crippen molar-refractivity contribution in [3.63, 3.8) is 0 Å². The molecule has 0 spiro atoms. The maximum Gasteiger partial charge on any atom is 0.355 e. The quantitative estimate of drug-likeness (QED) is 0.622. The predicted octanol–water partition coefficient (Wildman–Crippen LogP) is 3.72. The molecule has 2 N–H and O–H groups in total. The maximum atomic E-state index is 12.2. The van der Waals surface area contributed by atoms with Crippen molar-refractivity contribution in [3.05, 3.63) is 47.7 Å². The Kier molecular flexibility index (Phi) is 5.53. The third kappa shape index (κ3) is 4.50. The lowest BCUT2D eigenvalue weighted by Gasteiger charge is -2.15. The van der Waals surface area contributed by atoms with Crippen molar-refractivity contribution in [1.29, 1.82) is 0 Å². The summed E-state index contributed by atoms with van der Waals surface area (Å²) in [5, 5.41) is 3.78. The summed E-state index contributed by atoms with van der Waals surface area (Å²) >= 11 is 0. The summed E-state index contributed by atoms with van der Waals surface area (Å²) < 4.78 is 5.27. The summed E-state index contributed by atoms with van der Waals surface area (Å²) in [6, 6.07) is 9.34. The Morgan fingerprint density at radius 2 is 2.12 bits per heavy atom. The van der Waals surface area contributed by atoms with Crippen molar-refractivity contribution in [2.75, 3.05) is 6.54 Å². The largest absolute Gasteiger partial charge is 0.448 e. The zero-order chi connectivity index (χ0) is 17.6. The number of benzene rings is 1. The monoisotopic (exact) mass is 340 g/mol. The number of carbonyl (C=O) groups excluding carboxylic acids is 2. The highest BCUT2D eigenvalue weighted by Gasteiger charge is 2.20. The van der Waals surface area contributed by atoms with Crippen LogP contribution in [-0.4, -0.2) is 29.5 Å². The molecule has 1 aromatic carbocycles. The van der Waals surface area contributed by atoms with Crippen LogP contribution in [-0.2, 0) is 9.53 Å². The van der Waals surface area contributed by atoms with E-state index in [1.165, 1.54) is 18.4 Å². The smallest absolute Gasteiger partial charge is 0.355 e. The van der Waals surface area contributed by atoms with Crippen LogP contribution in [0.2, 0.25) is 0 Å². The molecule has 0 unspecified atom stereocenters. The van der Waals surface area contributed by atoms with Gasteiger partial charge in [-0.2, -0.15) is 0 Å². The normalized spacial score (nSPS) is 15.5. The number of hydrogen-bond acceptors (Lipinski definition) is 3. The highest BCUT2D eigenvalue weighted by atomic mass is 16.5. The molecule has 1 heterocycles. The van der Waals surface area contributed by atoms with Gasteiger partial charge >= 0.3 is 5.97 Å². The third-order valence-electron chi connectivity index (χ3n) is 4.53. The van der Waals surface area contributed by atoms with Crippen LogP contribution in [0.3, 0.4) is 0 Å². The summed E-state index contributed by atoms with van der Waals surface area (Å²) in [5.41, 5.74) is 2.63. The van der Waals surface area contributed by atoms with Gasteiger partial charge in [0.1, 0.15) is 5.69 Å². The van der Waals surface area contributed by atoms with Gasteiger partial charge in [0.15, 0.2) is 6.10 Å². The number of aromatic amines is 1. The van der Waals surface area contributed by atoms with Gasteiger partial charge in [-0.05, 0) is 51.2 Å². The SMILES string of the molecule is C[C@H](OC(=O)c1cc2ccccc2[nH]1)C(=O)NCCC1=CCCCC1. The van der Waals surface area contributed by atoms with Gasteiger partial charge in [-0.15, -0.1) is 0 Å². The minimum absolute atomic E-state index is 0.263. The first-order valence-electron chi connectivity index (χ1n) is 8.88. The minimum atomic E-state index is -0.820. The summed E-state index contributed by atoms with van der Waals surface area (Å²) in [7, 11) is 0. The van der Waals surface area contributed by atoms with Crippen LogP contribution in [0, 0.1) is 0 Å². The molecule has 1 aromatic heterocycles. The number of hydrogen-bond donors (Lipinski definition) is 2. The van der Waals surface area contributed by atoms with Gasteiger partial charge in [-0.3, -0.25) is 4.79 Å². The molecule has 25 heavy (non-hydrogen) atoms. The number of amides is 1. The molecule has 2 aromatic rings. The summed E-state index contributed by atoms with van der Waals surface area (Å²) in [6.07, 6.45) is 7.08. The van der Waals surface area contributed by atoms with Crippen molar-refractivity contribution in [2.24, 2.45) is 0 Å². The molecule has 5 heteroatoms. The second kappa shape index (κ2) is 8.01. The predicted molar refractivity (Wildman–Crippen MR) is 97.4 cm³/mol. The molecule has 5 nitrogen and oxygen atoms in total. The van der Waals surface area contributed by atoms with Gasteiger partial charge in [0, 0.05) is 17.4 Å². The Morgan fingerprint density at radius 1 is 1.28 bits per heavy atom. The van der Waals surface area contributed by atoms with Crippen LogP contribution in [0.4, 0.5) is 0 Å². The van der Waals surface area contributed by atoms with Gasteiger partial charge in [-0.25, -0.2) is 4.79 Å². The van der Waals surface area contributed by atoms with Gasteiger partial charge < -0.3 is 15.0 Å². The van der Waals surface area contributed by atoms with Crippen LogP contribution in [0.15, 0.2) is 42.0 Å². The number of aromatic nitrogens is 1. The third-order valence-corrected chi connectivity index (χ3v) is 4.53. The van der Waals surface area contributed by atoms with E-state index in [9.17, 15) is 9.59 Å². The first kappa shape index (κ1) is 17.3. The molecule has 0 aliphatic heterocycles. The molecule has 0 fully saturated rings. The average Bonchev–Trinajstić information content (AvgIpc) is 3.07. The lowest BCUT2D eigenvalue weighted by atomic mass is 9.97. The Morgan fingerprint density at radius 3 is 2.88 bits per heavy atom. The van der Waals surface area contributed by atoms with Crippen LogP contribution in [0.5, 0.6) is 0 Å². The zero-order valence-corrected chi connectivity index (χ0v) is 14.5. The summed E-state index contributed by atoms with van der Waals surface area (Å²) in [5.74, 6) is -0.783. The van der Waals surface area contributed by atoms with E-state index in [2.05, 4.69) is 16.4 Å². The Balaban J connectivity index is 1.48. The lowest BCUT2D eigenvalue weighted by Crippen LogP contribution is -2.36. The second-order valence-electron chi connectivity index (χ2n) is 6.47.